The van der Waals surface area contributed by atoms with Crippen molar-refractivity contribution in [3.8, 4) is 0 Å². The molecule has 9 nitrogen and oxygen atoms in total. The molecule has 0 amide bonds. The van der Waals surface area contributed by atoms with Gasteiger partial charge < -0.3 is 28.6 Å². The van der Waals surface area contributed by atoms with Gasteiger partial charge in [0.15, 0.2) is 0 Å². The van der Waals surface area contributed by atoms with Gasteiger partial charge in [-0.25, -0.2) is 0 Å². The minimum absolute atomic E-state index is 0.0631. The fraction of sp³-hybridized carbons (Fsp3) is 0.667. The zero-order valence-corrected chi connectivity index (χ0v) is 11.7. The Morgan fingerprint density at radius 2 is 0.947 bits per heavy atom. The van der Waals surface area contributed by atoms with Crippen LogP contribution >= 0.6 is 0 Å². The Hall–Kier alpha value is -1.18. The third-order valence-corrected chi connectivity index (χ3v) is 3.09. The van der Waals surface area contributed by atoms with E-state index in [4.69, 9.17) is 28.6 Å². The molecule has 10 heteroatoms. The zero-order chi connectivity index (χ0) is 14.7. The quantitative estimate of drug-likeness (QED) is 0.395. The molecule has 0 aliphatic carbocycles. The molecule has 19 heavy (non-hydrogen) atoms. The molecule has 0 atom stereocenters. The van der Waals surface area contributed by atoms with Crippen molar-refractivity contribution in [3.63, 3.8) is 0 Å². The number of carbonyl (C=O) groups excluding carboxylic acids is 3. The minimum Gasteiger partial charge on any atom is -0.551 e. The smallest absolute Gasteiger partial charge is 0.551 e. The first-order valence-corrected chi connectivity index (χ1v) is 7.13. The van der Waals surface area contributed by atoms with Gasteiger partial charge in [0, 0.05) is 19.6 Å². The van der Waals surface area contributed by atoms with Gasteiger partial charge in [-0.3, -0.25) is 14.4 Å². The van der Waals surface area contributed by atoms with E-state index in [9.17, 15) is 14.4 Å². The molecular weight excluding hydrogens is 273 g/mol. The van der Waals surface area contributed by atoms with Gasteiger partial charge in [-0.2, -0.15) is 0 Å². The Bertz CT molecular complexity index is 267. The maximum atomic E-state index is 11.2. The SMILES string of the molecule is NCCC(=O)[O][Al]([O]C(=O)CCN)[O]C(=O)CCN. The van der Waals surface area contributed by atoms with E-state index in [1.807, 2.05) is 0 Å². The Morgan fingerprint density at radius 3 is 1.16 bits per heavy atom. The number of rotatable bonds is 9. The van der Waals surface area contributed by atoms with Crippen LogP contribution in [0, 0.1) is 0 Å². The summed E-state index contributed by atoms with van der Waals surface area (Å²) in [5, 5.41) is 0. The van der Waals surface area contributed by atoms with E-state index in [1.54, 1.807) is 0 Å². The van der Waals surface area contributed by atoms with Crippen LogP contribution in [0.3, 0.4) is 0 Å². The van der Waals surface area contributed by atoms with Gasteiger partial charge in [0.2, 0.25) is 0 Å². The lowest BCUT2D eigenvalue weighted by Crippen LogP contribution is -2.36. The van der Waals surface area contributed by atoms with E-state index in [-0.39, 0.29) is 38.9 Å². The highest BCUT2D eigenvalue weighted by molar-refractivity contribution is 6.44. The van der Waals surface area contributed by atoms with Gasteiger partial charge in [0.25, 0.3) is 17.9 Å². The average Bonchev–Trinajstić information content (AvgIpc) is 2.29. The molecule has 0 rings (SSSR count). The average molecular weight is 291 g/mol. The normalized spacial score (nSPS) is 9.63. The number of nitrogens with two attached hydrogens (primary N) is 3. The van der Waals surface area contributed by atoms with Crippen molar-refractivity contribution in [2.45, 2.75) is 19.3 Å². The zero-order valence-electron chi connectivity index (χ0n) is 10.5. The molecule has 0 heterocycles. The lowest BCUT2D eigenvalue weighted by atomic mass is 10.5. The molecule has 6 N–H and O–H groups in total. The largest absolute Gasteiger partial charge is 1.20 e. The molecule has 0 saturated carbocycles. The Morgan fingerprint density at radius 1 is 0.684 bits per heavy atom. The van der Waals surface area contributed by atoms with Gasteiger partial charge in [0.05, 0.1) is 19.3 Å². The summed E-state index contributed by atoms with van der Waals surface area (Å²) in [5.41, 5.74) is 15.5. The molecule has 0 aliphatic rings. The van der Waals surface area contributed by atoms with Crippen LogP contribution in [0.1, 0.15) is 19.3 Å². The second-order valence-corrected chi connectivity index (χ2v) is 4.66. The van der Waals surface area contributed by atoms with Crippen LogP contribution in [-0.2, 0) is 25.7 Å². The van der Waals surface area contributed by atoms with Crippen molar-refractivity contribution >= 4 is 33.1 Å². The summed E-state index contributed by atoms with van der Waals surface area (Å²) >= 11 is -3.22. The number of hydrogen-bond acceptors (Lipinski definition) is 9. The van der Waals surface area contributed by atoms with Gasteiger partial charge in [0.1, 0.15) is 0 Å². The number of carbonyl (C=O) groups is 3. The molecule has 0 saturated heterocycles. The second-order valence-electron chi connectivity index (χ2n) is 3.37. The molecule has 0 unspecified atom stereocenters. The fourth-order valence-electron chi connectivity index (χ4n) is 0.924. The molecule has 0 radical (unpaired) electrons. The fourth-order valence-corrected chi connectivity index (χ4v) is 2.07. The van der Waals surface area contributed by atoms with E-state index in [0.29, 0.717) is 0 Å². The van der Waals surface area contributed by atoms with Crippen LogP contribution in [0.5, 0.6) is 0 Å². The van der Waals surface area contributed by atoms with Crippen molar-refractivity contribution in [2.75, 3.05) is 19.6 Å². The van der Waals surface area contributed by atoms with Crippen molar-refractivity contribution in [1.82, 2.24) is 0 Å². The standard InChI is InChI=1S/3C3H7NO2.Al/c3*4-2-1-3(5)6;/h3*1-2,4H2,(H,5,6);/q;;;+3/p-3. The predicted octanol–water partition coefficient (Wildman–Crippen LogP) is -2.35. The second kappa shape index (κ2) is 10.7. The molecule has 0 aliphatic heterocycles. The summed E-state index contributed by atoms with van der Waals surface area (Å²) in [6.07, 6.45) is -0.189. The molecule has 108 valence electrons. The van der Waals surface area contributed by atoms with E-state index in [2.05, 4.69) is 0 Å². The molecular formula is C9H18AlN3O6. The van der Waals surface area contributed by atoms with E-state index < -0.39 is 33.1 Å². The van der Waals surface area contributed by atoms with Crippen LogP contribution in [0.15, 0.2) is 0 Å². The first kappa shape index (κ1) is 17.8. The highest BCUT2D eigenvalue weighted by atomic mass is 27.3. The van der Waals surface area contributed by atoms with E-state index >= 15 is 0 Å². The first-order valence-electron chi connectivity index (χ1n) is 5.72. The monoisotopic (exact) mass is 291 g/mol. The van der Waals surface area contributed by atoms with Gasteiger partial charge >= 0.3 is 15.1 Å². The van der Waals surface area contributed by atoms with Gasteiger partial charge in [-0.05, 0) is 0 Å². The van der Waals surface area contributed by atoms with Crippen LogP contribution in [0.25, 0.3) is 0 Å². The highest BCUT2D eigenvalue weighted by Crippen LogP contribution is 2.00. The van der Waals surface area contributed by atoms with E-state index in [1.165, 1.54) is 0 Å². The van der Waals surface area contributed by atoms with Crippen LogP contribution in [-0.4, -0.2) is 52.7 Å². The summed E-state index contributed by atoms with van der Waals surface area (Å²) in [5.74, 6) is -2.08. The molecule has 0 aromatic carbocycles. The molecule has 0 spiro atoms. The summed E-state index contributed by atoms with van der Waals surface area (Å²) in [6.45, 7) is 0.230. The highest BCUT2D eigenvalue weighted by Gasteiger charge is 2.48. The summed E-state index contributed by atoms with van der Waals surface area (Å²) < 4.78 is 14.3. The lowest BCUT2D eigenvalue weighted by molar-refractivity contribution is -0.147. The Kier molecular flexibility index (Phi) is 10.1. The number of hydrogen-bond donors (Lipinski definition) is 3. The van der Waals surface area contributed by atoms with E-state index in [0.717, 1.165) is 0 Å². The molecule has 0 fully saturated rings. The van der Waals surface area contributed by atoms with Crippen molar-refractivity contribution < 1.29 is 25.7 Å². The molecule has 0 bridgehead atoms. The third kappa shape index (κ3) is 9.41. The van der Waals surface area contributed by atoms with Gasteiger partial charge in [-0.1, -0.05) is 0 Å². The lowest BCUT2D eigenvalue weighted by Gasteiger charge is -2.12. The van der Waals surface area contributed by atoms with Gasteiger partial charge in [-0.15, -0.1) is 0 Å². The Balaban J connectivity index is 4.40. The predicted molar refractivity (Wildman–Crippen MR) is 65.0 cm³/mol. The Labute approximate surface area is 115 Å². The van der Waals surface area contributed by atoms with Crippen molar-refractivity contribution in [3.05, 3.63) is 0 Å². The third-order valence-electron chi connectivity index (χ3n) is 1.73. The topological polar surface area (TPSA) is 157 Å². The van der Waals surface area contributed by atoms with Crippen LogP contribution in [0.2, 0.25) is 0 Å². The maximum absolute atomic E-state index is 11.2. The van der Waals surface area contributed by atoms with Crippen molar-refractivity contribution in [2.24, 2.45) is 17.2 Å². The van der Waals surface area contributed by atoms with Crippen LogP contribution < -0.4 is 17.2 Å². The summed E-state index contributed by atoms with van der Waals surface area (Å²) in [6, 6.07) is 0. The minimum atomic E-state index is -3.22. The summed E-state index contributed by atoms with van der Waals surface area (Å²) in [4.78, 5) is 33.7. The van der Waals surface area contributed by atoms with Crippen LogP contribution in [0.4, 0.5) is 0 Å². The molecule has 0 aromatic rings. The maximum Gasteiger partial charge on any atom is 1.20 e. The van der Waals surface area contributed by atoms with Crippen molar-refractivity contribution in [1.29, 1.82) is 0 Å². The molecule has 0 aromatic heterocycles. The summed E-state index contributed by atoms with van der Waals surface area (Å²) in [7, 11) is 0. The first-order chi connectivity index (χ1) is 9.03.